The third-order valence-electron chi connectivity index (χ3n) is 11.8. The largest absolute Gasteiger partial charge is 1.00 e. The lowest BCUT2D eigenvalue weighted by Gasteiger charge is -2.30. The van der Waals surface area contributed by atoms with Crippen molar-refractivity contribution in [3.8, 4) is 33.8 Å². The zero-order valence-electron chi connectivity index (χ0n) is 39.1. The minimum absolute atomic E-state index is 0. The van der Waals surface area contributed by atoms with Crippen molar-refractivity contribution in [3.05, 3.63) is 108 Å². The molecule has 64 heavy (non-hydrogen) atoms. The number of nitrogens with zero attached hydrogens (tertiary/aromatic N) is 6. The number of ether oxygens (including phenoxy) is 2. The zero-order chi connectivity index (χ0) is 43.7. The molecule has 0 atom stereocenters. The van der Waals surface area contributed by atoms with E-state index in [0.717, 1.165) is 133 Å². The fourth-order valence-electron chi connectivity index (χ4n) is 8.34. The number of aromatic amines is 2. The van der Waals surface area contributed by atoms with Crippen molar-refractivity contribution in [2.75, 3.05) is 109 Å². The number of hydrogen-bond donors (Lipinski definition) is 2. The average molecular weight is 908 g/mol. The minimum Gasteiger partial charge on any atom is -1.00 e. The fourth-order valence-corrected chi connectivity index (χ4v) is 8.34. The molecule has 0 saturated heterocycles. The van der Waals surface area contributed by atoms with E-state index in [1.54, 1.807) is 0 Å². The molecule has 0 unspecified atom stereocenters. The van der Waals surface area contributed by atoms with Crippen molar-refractivity contribution in [3.63, 3.8) is 0 Å². The highest BCUT2D eigenvalue weighted by Crippen LogP contribution is 2.34. The molecule has 0 aliphatic carbocycles. The summed E-state index contributed by atoms with van der Waals surface area (Å²) in [5.41, 5.74) is 11.7. The maximum Gasteiger partial charge on any atom is 0.119 e. The van der Waals surface area contributed by atoms with E-state index in [2.05, 4.69) is 185 Å². The van der Waals surface area contributed by atoms with Crippen molar-refractivity contribution < 1.29 is 43.3 Å². The monoisotopic (exact) mass is 906 g/mol. The SMILES string of the molecule is CN(C)CCC[N+](C)(C)CCCOc1ccc(-c2c3nc(cc4ccc([nH]4)c(-c4ccc(OCCC[N+](C)(C)CCCN(C)C)cc4)c4ccc(cc5nc2C=C5)[nH]4)C=C3)cc1.[Cl-].[Cl-]. The van der Waals surface area contributed by atoms with Gasteiger partial charge in [-0.05, 0) is 124 Å². The Labute approximate surface area is 393 Å². The Morgan fingerprint density at radius 2 is 0.875 bits per heavy atom. The summed E-state index contributed by atoms with van der Waals surface area (Å²) in [6.45, 7) is 8.13. The van der Waals surface area contributed by atoms with Gasteiger partial charge in [-0.15, -0.1) is 0 Å². The molecule has 0 fully saturated rings. The van der Waals surface area contributed by atoms with E-state index in [-0.39, 0.29) is 24.8 Å². The summed E-state index contributed by atoms with van der Waals surface area (Å²) in [5, 5.41) is 0. The molecule has 5 heterocycles. The quantitative estimate of drug-likeness (QED) is 0.0901. The Hall–Kier alpha value is -4.94. The fraction of sp³-hybridized carbons (Fsp3) is 0.385. The van der Waals surface area contributed by atoms with Gasteiger partial charge in [0.05, 0.1) is 90.4 Å². The van der Waals surface area contributed by atoms with Gasteiger partial charge in [-0.25, -0.2) is 9.97 Å². The molecule has 342 valence electrons. The molecule has 5 aromatic rings. The summed E-state index contributed by atoms with van der Waals surface area (Å²) in [5.74, 6) is 1.76. The number of aromatic nitrogens is 4. The van der Waals surface area contributed by atoms with E-state index in [0.29, 0.717) is 13.2 Å². The summed E-state index contributed by atoms with van der Waals surface area (Å²) in [6.07, 6.45) is 12.7. The molecule has 0 saturated carbocycles. The van der Waals surface area contributed by atoms with Crippen LogP contribution in [0.25, 0.3) is 68.6 Å². The van der Waals surface area contributed by atoms with Gasteiger partial charge in [0.1, 0.15) is 11.5 Å². The number of nitrogens with one attached hydrogen (secondary N) is 2. The highest BCUT2D eigenvalue weighted by atomic mass is 35.5. The molecular formula is C52H68Cl2N8O2. The Morgan fingerprint density at radius 3 is 1.28 bits per heavy atom. The van der Waals surface area contributed by atoms with Gasteiger partial charge in [-0.3, -0.25) is 0 Å². The van der Waals surface area contributed by atoms with Crippen LogP contribution < -0.4 is 34.3 Å². The first-order valence-corrected chi connectivity index (χ1v) is 22.3. The van der Waals surface area contributed by atoms with Crippen molar-refractivity contribution in [2.24, 2.45) is 0 Å². The number of H-pyrrole nitrogens is 2. The van der Waals surface area contributed by atoms with Gasteiger partial charge in [0.25, 0.3) is 0 Å². The van der Waals surface area contributed by atoms with Crippen LogP contribution >= 0.6 is 0 Å². The predicted octanol–water partition coefficient (Wildman–Crippen LogP) is 3.59. The first kappa shape index (κ1) is 50.1. The molecule has 2 aliphatic rings. The number of rotatable bonds is 20. The molecule has 2 aliphatic heterocycles. The van der Waals surface area contributed by atoms with E-state index in [9.17, 15) is 0 Å². The van der Waals surface area contributed by atoms with E-state index in [1.165, 1.54) is 19.4 Å². The molecule has 10 nitrogen and oxygen atoms in total. The molecule has 12 heteroatoms. The molecule has 0 spiro atoms. The van der Waals surface area contributed by atoms with Crippen LogP contribution in [0.2, 0.25) is 0 Å². The van der Waals surface area contributed by atoms with Gasteiger partial charge in [0.15, 0.2) is 0 Å². The number of fused-ring (bicyclic) bond motifs is 8. The summed E-state index contributed by atoms with van der Waals surface area (Å²) in [7, 11) is 17.8. The topological polar surface area (TPSA) is 82.3 Å². The van der Waals surface area contributed by atoms with Crippen LogP contribution in [0, 0.1) is 0 Å². The van der Waals surface area contributed by atoms with Gasteiger partial charge < -0.3 is 63.0 Å². The molecule has 7 rings (SSSR count). The maximum absolute atomic E-state index is 6.24. The Kier molecular flexibility index (Phi) is 17.8. The first-order chi connectivity index (χ1) is 29.8. The third-order valence-corrected chi connectivity index (χ3v) is 11.8. The second-order valence-corrected chi connectivity index (χ2v) is 18.7. The molecule has 2 aromatic carbocycles. The summed E-state index contributed by atoms with van der Waals surface area (Å²) >= 11 is 0. The summed E-state index contributed by atoms with van der Waals surface area (Å²) in [4.78, 5) is 22.2. The average Bonchev–Trinajstić information content (AvgIpc) is 4.07. The van der Waals surface area contributed by atoms with E-state index in [1.807, 2.05) is 0 Å². The van der Waals surface area contributed by atoms with Gasteiger partial charge in [0, 0.05) is 72.0 Å². The molecule has 0 amide bonds. The first-order valence-electron chi connectivity index (χ1n) is 22.3. The van der Waals surface area contributed by atoms with Crippen LogP contribution in [-0.4, -0.2) is 148 Å². The maximum atomic E-state index is 6.24. The van der Waals surface area contributed by atoms with E-state index < -0.39 is 0 Å². The van der Waals surface area contributed by atoms with Crippen LogP contribution in [-0.2, 0) is 0 Å². The summed E-state index contributed by atoms with van der Waals surface area (Å²) < 4.78 is 14.5. The second-order valence-electron chi connectivity index (χ2n) is 18.7. The van der Waals surface area contributed by atoms with Crippen LogP contribution in [0.1, 0.15) is 48.5 Å². The molecule has 3 aromatic heterocycles. The normalized spacial score (nSPS) is 12.4. The van der Waals surface area contributed by atoms with Crippen LogP contribution in [0.3, 0.4) is 0 Å². The van der Waals surface area contributed by atoms with Crippen molar-refractivity contribution >= 4 is 46.4 Å². The second kappa shape index (κ2) is 22.8. The van der Waals surface area contributed by atoms with Crippen LogP contribution in [0.4, 0.5) is 0 Å². The van der Waals surface area contributed by atoms with E-state index in [4.69, 9.17) is 19.4 Å². The molecule has 0 radical (unpaired) electrons. The van der Waals surface area contributed by atoms with Gasteiger partial charge in [0.2, 0.25) is 0 Å². The Morgan fingerprint density at radius 1 is 0.484 bits per heavy atom. The predicted molar refractivity (Wildman–Crippen MR) is 260 cm³/mol. The van der Waals surface area contributed by atoms with E-state index >= 15 is 0 Å². The lowest BCUT2D eigenvalue weighted by atomic mass is 10.0. The minimum atomic E-state index is 0. The van der Waals surface area contributed by atoms with Gasteiger partial charge >= 0.3 is 0 Å². The van der Waals surface area contributed by atoms with Gasteiger partial charge in [-0.1, -0.05) is 24.3 Å². The van der Waals surface area contributed by atoms with Gasteiger partial charge in [-0.2, -0.15) is 0 Å². The molecular weight excluding hydrogens is 840 g/mol. The lowest BCUT2D eigenvalue weighted by molar-refractivity contribution is -0.890. The summed E-state index contributed by atoms with van der Waals surface area (Å²) in [6, 6.07) is 29.6. The highest BCUT2D eigenvalue weighted by Gasteiger charge is 2.18. The smallest absolute Gasteiger partial charge is 0.119 e. The van der Waals surface area contributed by atoms with Crippen molar-refractivity contribution in [1.29, 1.82) is 0 Å². The standard InChI is InChI=1S/C52H68N8O2.2ClH/c1-57(2)29-9-31-59(5,6)33-11-35-61-45-21-13-39(14-22-45)51-47-25-17-41(53-47)37-43-19-27-49(55-43)52(50-28-20-44(56-50)38-42-18-26-48(51)54-42)40-15-23-46(24-16-40)62-36-12-34-60(7,8)32-10-30-58(3)4;;/h13-28,37-38,53-54H,9-12,29-36H2,1-8H3;2*1H/q+2;;/p-2. The molecule has 8 bridgehead atoms. The van der Waals surface area contributed by atoms with Crippen LogP contribution in [0.15, 0.2) is 84.9 Å². The Balaban J connectivity index is 0.00000385. The van der Waals surface area contributed by atoms with Crippen molar-refractivity contribution in [2.45, 2.75) is 25.7 Å². The third kappa shape index (κ3) is 14.0. The number of benzene rings is 2. The number of halogens is 2. The van der Waals surface area contributed by atoms with Crippen LogP contribution in [0.5, 0.6) is 11.5 Å². The lowest BCUT2D eigenvalue weighted by Crippen LogP contribution is -3.00. The number of hydrogen-bond acceptors (Lipinski definition) is 6. The number of quaternary nitrogens is 2. The van der Waals surface area contributed by atoms with Crippen molar-refractivity contribution in [1.82, 2.24) is 29.7 Å². The highest BCUT2D eigenvalue weighted by molar-refractivity contribution is 5.94. The molecule has 2 N–H and O–H groups in total. The Bertz CT molecular complexity index is 2410. The zero-order valence-corrected chi connectivity index (χ0v) is 40.6.